The lowest BCUT2D eigenvalue weighted by molar-refractivity contribution is 0.328. The van der Waals surface area contributed by atoms with Gasteiger partial charge in [-0.3, -0.25) is 4.68 Å². The third kappa shape index (κ3) is 2.94. The summed E-state index contributed by atoms with van der Waals surface area (Å²) in [5.74, 6) is 0.863. The van der Waals surface area contributed by atoms with E-state index >= 15 is 0 Å². The molecule has 0 aliphatic carbocycles. The summed E-state index contributed by atoms with van der Waals surface area (Å²) in [4.78, 5) is 0. The molecule has 5 heteroatoms. The van der Waals surface area contributed by atoms with Crippen molar-refractivity contribution in [1.29, 1.82) is 0 Å². The molecule has 17 heavy (non-hydrogen) atoms. The molecular weight excluding hydrogens is 216 g/mol. The summed E-state index contributed by atoms with van der Waals surface area (Å²) in [7, 11) is 0. The number of nitrogens with zero attached hydrogens (tertiary/aromatic N) is 3. The van der Waals surface area contributed by atoms with Crippen LogP contribution in [0.2, 0.25) is 0 Å². The number of rotatable bonds is 5. The van der Waals surface area contributed by atoms with Crippen LogP contribution in [-0.4, -0.2) is 21.0 Å². The van der Waals surface area contributed by atoms with E-state index in [0.29, 0.717) is 18.6 Å². The first-order valence-electron chi connectivity index (χ1n) is 5.81. The van der Waals surface area contributed by atoms with Crippen LogP contribution in [-0.2, 0) is 6.54 Å². The van der Waals surface area contributed by atoms with Gasteiger partial charge in [-0.1, -0.05) is 5.16 Å². The average molecular weight is 234 g/mol. The van der Waals surface area contributed by atoms with Gasteiger partial charge >= 0.3 is 0 Å². The summed E-state index contributed by atoms with van der Waals surface area (Å²) in [6.07, 6.45) is 3.77. The standard InChI is InChI=1S/C12H18N4O/c1-9-7-12(17-15-9)8-13-10(2)11(3)16-6-4-5-14-16/h4-7,10-11,13H,8H2,1-3H3/t10-,11-/m1/s1. The number of hydrogen-bond donors (Lipinski definition) is 1. The minimum absolute atomic E-state index is 0.300. The fourth-order valence-electron chi connectivity index (χ4n) is 1.68. The summed E-state index contributed by atoms with van der Waals surface area (Å²) in [5, 5.41) is 11.5. The Balaban J connectivity index is 1.87. The Morgan fingerprint density at radius 2 is 2.29 bits per heavy atom. The van der Waals surface area contributed by atoms with Gasteiger partial charge in [0.2, 0.25) is 0 Å². The van der Waals surface area contributed by atoms with Gasteiger partial charge in [-0.2, -0.15) is 5.10 Å². The molecule has 2 rings (SSSR count). The molecule has 92 valence electrons. The Morgan fingerprint density at radius 3 is 2.88 bits per heavy atom. The Bertz CT molecular complexity index is 449. The highest BCUT2D eigenvalue weighted by Crippen LogP contribution is 2.10. The highest BCUT2D eigenvalue weighted by Gasteiger charge is 2.14. The van der Waals surface area contributed by atoms with Crippen molar-refractivity contribution in [3.63, 3.8) is 0 Å². The number of aromatic nitrogens is 3. The highest BCUT2D eigenvalue weighted by atomic mass is 16.5. The molecule has 0 spiro atoms. The van der Waals surface area contributed by atoms with Crippen LogP contribution in [0.25, 0.3) is 0 Å². The summed E-state index contributed by atoms with van der Waals surface area (Å²) >= 11 is 0. The Hall–Kier alpha value is -1.62. The smallest absolute Gasteiger partial charge is 0.150 e. The zero-order chi connectivity index (χ0) is 12.3. The van der Waals surface area contributed by atoms with E-state index in [-0.39, 0.29) is 0 Å². The molecule has 5 nitrogen and oxygen atoms in total. The van der Waals surface area contributed by atoms with Crippen LogP contribution in [0.4, 0.5) is 0 Å². The zero-order valence-corrected chi connectivity index (χ0v) is 10.4. The van der Waals surface area contributed by atoms with Gasteiger partial charge in [-0.05, 0) is 26.8 Å². The zero-order valence-electron chi connectivity index (χ0n) is 10.4. The van der Waals surface area contributed by atoms with Crippen LogP contribution in [0.1, 0.15) is 31.3 Å². The largest absolute Gasteiger partial charge is 0.360 e. The maximum Gasteiger partial charge on any atom is 0.150 e. The minimum atomic E-state index is 0.300. The van der Waals surface area contributed by atoms with E-state index in [1.54, 1.807) is 6.20 Å². The second-order valence-electron chi connectivity index (χ2n) is 4.33. The second kappa shape index (κ2) is 5.14. The van der Waals surface area contributed by atoms with Crippen LogP contribution in [0.3, 0.4) is 0 Å². The van der Waals surface area contributed by atoms with Crippen LogP contribution in [0.15, 0.2) is 29.0 Å². The molecule has 2 aromatic heterocycles. The van der Waals surface area contributed by atoms with Crippen molar-refractivity contribution in [2.24, 2.45) is 0 Å². The predicted molar refractivity (Wildman–Crippen MR) is 64.5 cm³/mol. The van der Waals surface area contributed by atoms with Gasteiger partial charge in [-0.25, -0.2) is 0 Å². The van der Waals surface area contributed by atoms with Gasteiger partial charge in [0.25, 0.3) is 0 Å². The molecule has 0 unspecified atom stereocenters. The Morgan fingerprint density at radius 1 is 1.47 bits per heavy atom. The quantitative estimate of drug-likeness (QED) is 0.858. The normalized spacial score (nSPS) is 14.8. The van der Waals surface area contributed by atoms with Gasteiger partial charge in [0.05, 0.1) is 18.3 Å². The number of hydrogen-bond acceptors (Lipinski definition) is 4. The maximum absolute atomic E-state index is 5.15. The van der Waals surface area contributed by atoms with E-state index in [2.05, 4.69) is 29.4 Å². The van der Waals surface area contributed by atoms with Crippen LogP contribution >= 0.6 is 0 Å². The molecule has 2 heterocycles. The molecule has 1 N–H and O–H groups in total. The molecule has 0 bridgehead atoms. The van der Waals surface area contributed by atoms with Crippen molar-refractivity contribution >= 4 is 0 Å². The van der Waals surface area contributed by atoms with Gasteiger partial charge in [0.1, 0.15) is 0 Å². The molecule has 2 aromatic rings. The van der Waals surface area contributed by atoms with Crippen molar-refractivity contribution in [1.82, 2.24) is 20.3 Å². The lowest BCUT2D eigenvalue weighted by Gasteiger charge is -2.21. The summed E-state index contributed by atoms with van der Waals surface area (Å²) < 4.78 is 7.10. The molecule has 0 aliphatic heterocycles. The minimum Gasteiger partial charge on any atom is -0.360 e. The van der Waals surface area contributed by atoms with Gasteiger partial charge < -0.3 is 9.84 Å². The van der Waals surface area contributed by atoms with Crippen LogP contribution < -0.4 is 5.32 Å². The monoisotopic (exact) mass is 234 g/mol. The first kappa shape index (κ1) is 11.9. The molecular formula is C12H18N4O. The van der Waals surface area contributed by atoms with Gasteiger partial charge in [-0.15, -0.1) is 0 Å². The topological polar surface area (TPSA) is 55.9 Å². The average Bonchev–Trinajstić information content (AvgIpc) is 2.95. The molecule has 0 amide bonds. The SMILES string of the molecule is Cc1cc(CN[C@H](C)[C@@H](C)n2cccn2)on1. The molecule has 0 aliphatic rings. The fourth-order valence-corrected chi connectivity index (χ4v) is 1.68. The van der Waals surface area contributed by atoms with E-state index in [0.717, 1.165) is 11.5 Å². The number of nitrogens with one attached hydrogen (secondary N) is 1. The van der Waals surface area contributed by atoms with Crippen LogP contribution in [0.5, 0.6) is 0 Å². The molecule has 0 radical (unpaired) electrons. The van der Waals surface area contributed by atoms with Crippen molar-refractivity contribution in [3.8, 4) is 0 Å². The Labute approximate surface area is 101 Å². The first-order chi connectivity index (χ1) is 8.16. The predicted octanol–water partition coefficient (Wildman–Crippen LogP) is 1.92. The van der Waals surface area contributed by atoms with E-state index in [1.165, 1.54) is 0 Å². The first-order valence-corrected chi connectivity index (χ1v) is 5.81. The molecule has 0 aromatic carbocycles. The van der Waals surface area contributed by atoms with Gasteiger partial charge in [0, 0.05) is 24.5 Å². The molecule has 0 saturated heterocycles. The van der Waals surface area contributed by atoms with Gasteiger partial charge in [0.15, 0.2) is 5.76 Å². The van der Waals surface area contributed by atoms with Crippen molar-refractivity contribution in [3.05, 3.63) is 36.0 Å². The lowest BCUT2D eigenvalue weighted by Crippen LogP contribution is -2.33. The maximum atomic E-state index is 5.15. The van der Waals surface area contributed by atoms with Crippen molar-refractivity contribution < 1.29 is 4.52 Å². The number of aryl methyl sites for hydroxylation is 1. The van der Waals surface area contributed by atoms with E-state index in [9.17, 15) is 0 Å². The van der Waals surface area contributed by atoms with E-state index in [4.69, 9.17) is 4.52 Å². The second-order valence-corrected chi connectivity index (χ2v) is 4.33. The lowest BCUT2D eigenvalue weighted by atomic mass is 10.1. The summed E-state index contributed by atoms with van der Waals surface area (Å²) in [5.41, 5.74) is 0.912. The van der Waals surface area contributed by atoms with E-state index in [1.807, 2.05) is 29.9 Å². The molecule has 2 atom stereocenters. The summed E-state index contributed by atoms with van der Waals surface area (Å²) in [6, 6.07) is 4.48. The third-order valence-corrected chi connectivity index (χ3v) is 2.94. The van der Waals surface area contributed by atoms with Crippen molar-refractivity contribution in [2.45, 2.75) is 39.4 Å². The molecule has 0 saturated carbocycles. The van der Waals surface area contributed by atoms with Crippen LogP contribution in [0, 0.1) is 6.92 Å². The Kier molecular flexibility index (Phi) is 3.58. The van der Waals surface area contributed by atoms with E-state index < -0.39 is 0 Å². The third-order valence-electron chi connectivity index (χ3n) is 2.94. The highest BCUT2D eigenvalue weighted by molar-refractivity contribution is 5.02. The molecule has 0 fully saturated rings. The fraction of sp³-hybridized carbons (Fsp3) is 0.500. The van der Waals surface area contributed by atoms with Crippen molar-refractivity contribution in [2.75, 3.05) is 0 Å². The summed E-state index contributed by atoms with van der Waals surface area (Å²) in [6.45, 7) is 6.88.